The largest absolute Gasteiger partial charge is 0.412 e. The van der Waals surface area contributed by atoms with E-state index >= 15 is 0 Å². The zero-order chi connectivity index (χ0) is 4.99. The highest BCUT2D eigenvalue weighted by Crippen LogP contribution is 1.81. The number of rotatable bonds is 2. The smallest absolute Gasteiger partial charge is 0.0858 e. The van der Waals surface area contributed by atoms with Crippen LogP contribution in [-0.4, -0.2) is 39.6 Å². The monoisotopic (exact) mass is 144 g/mol. The van der Waals surface area contributed by atoms with E-state index in [4.69, 9.17) is 10.2 Å². The Labute approximate surface area is 53.2 Å². The fourth-order valence-electron chi connectivity index (χ4n) is 0.0577. The van der Waals surface area contributed by atoms with Gasteiger partial charge < -0.3 is 21.2 Å². The molecule has 0 spiro atoms. The zero-order valence-electron chi connectivity index (χ0n) is 4.33. The Morgan fingerprint density at radius 1 is 1.38 bits per heavy atom. The van der Waals surface area contributed by atoms with Gasteiger partial charge in [0.15, 0.2) is 0 Å². The summed E-state index contributed by atoms with van der Waals surface area (Å²) in [5, 5.41) is 16.4. The zero-order valence-corrected chi connectivity index (χ0v) is 5.23. The van der Waals surface area contributed by atoms with Gasteiger partial charge in [-0.25, -0.2) is 0 Å². The van der Waals surface area contributed by atoms with Crippen LogP contribution in [0.4, 0.5) is 0 Å². The molecule has 1 atom stereocenters. The third kappa shape index (κ3) is 9.50. The van der Waals surface area contributed by atoms with Gasteiger partial charge in [-0.05, 0) is 0 Å². The molecule has 6 N–H and O–H groups in total. The predicted octanol–water partition coefficient (Wildman–Crippen LogP) is -2.38. The van der Waals surface area contributed by atoms with E-state index in [2.05, 4.69) is 12.6 Å². The van der Waals surface area contributed by atoms with E-state index in [9.17, 15) is 0 Å². The quantitative estimate of drug-likeness (QED) is 0.377. The SMILES string of the molecule is O.O.OCC(O)CS. The minimum absolute atomic E-state index is 0. The Hall–Kier alpha value is 0.190. The van der Waals surface area contributed by atoms with Crippen molar-refractivity contribution in [2.24, 2.45) is 0 Å². The molecule has 1 unspecified atom stereocenters. The van der Waals surface area contributed by atoms with Crippen molar-refractivity contribution < 1.29 is 21.2 Å². The summed E-state index contributed by atoms with van der Waals surface area (Å²) in [5.74, 6) is 0.330. The molecule has 0 heterocycles. The third-order valence-electron chi connectivity index (χ3n) is 0.421. The Bertz CT molecular complexity index is 30.5. The first-order chi connectivity index (χ1) is 2.81. The van der Waals surface area contributed by atoms with Gasteiger partial charge in [0.2, 0.25) is 0 Å². The number of hydrogen-bond acceptors (Lipinski definition) is 3. The van der Waals surface area contributed by atoms with E-state index in [-0.39, 0.29) is 17.6 Å². The van der Waals surface area contributed by atoms with Crippen molar-refractivity contribution in [1.29, 1.82) is 0 Å². The maximum atomic E-state index is 8.34. The molecular formula is C3H12O4S. The molecule has 0 aromatic heterocycles. The Kier molecular flexibility index (Phi) is 20.1. The van der Waals surface area contributed by atoms with E-state index in [1.807, 2.05) is 0 Å². The van der Waals surface area contributed by atoms with Gasteiger partial charge in [-0.15, -0.1) is 0 Å². The van der Waals surface area contributed by atoms with Crippen molar-refractivity contribution in [1.82, 2.24) is 0 Å². The van der Waals surface area contributed by atoms with Crippen LogP contribution in [0, 0.1) is 0 Å². The molecule has 0 rings (SSSR count). The van der Waals surface area contributed by atoms with Crippen LogP contribution in [0.25, 0.3) is 0 Å². The second-order valence-electron chi connectivity index (χ2n) is 1.02. The van der Waals surface area contributed by atoms with Crippen LogP contribution in [0.2, 0.25) is 0 Å². The first-order valence-corrected chi connectivity index (χ1v) is 2.34. The molecule has 0 aliphatic heterocycles. The average molecular weight is 144 g/mol. The molecule has 0 radical (unpaired) electrons. The fraction of sp³-hybridized carbons (Fsp3) is 1.00. The molecule has 54 valence electrons. The van der Waals surface area contributed by atoms with Gasteiger partial charge in [0.25, 0.3) is 0 Å². The van der Waals surface area contributed by atoms with Gasteiger partial charge in [0, 0.05) is 5.75 Å². The van der Waals surface area contributed by atoms with Gasteiger partial charge in [-0.2, -0.15) is 12.6 Å². The van der Waals surface area contributed by atoms with Crippen LogP contribution in [0.5, 0.6) is 0 Å². The first kappa shape index (κ1) is 15.7. The lowest BCUT2D eigenvalue weighted by Gasteiger charge is -1.96. The van der Waals surface area contributed by atoms with Crippen LogP contribution in [0.1, 0.15) is 0 Å². The molecule has 0 bridgehead atoms. The van der Waals surface area contributed by atoms with E-state index in [0.29, 0.717) is 5.75 Å². The summed E-state index contributed by atoms with van der Waals surface area (Å²) in [6.07, 6.45) is -0.645. The molecule has 0 fully saturated rings. The Morgan fingerprint density at radius 2 is 1.75 bits per heavy atom. The van der Waals surface area contributed by atoms with Crippen molar-refractivity contribution in [3.05, 3.63) is 0 Å². The lowest BCUT2D eigenvalue weighted by Crippen LogP contribution is -2.12. The maximum Gasteiger partial charge on any atom is 0.0858 e. The van der Waals surface area contributed by atoms with Crippen LogP contribution >= 0.6 is 12.6 Å². The van der Waals surface area contributed by atoms with Crippen molar-refractivity contribution in [2.75, 3.05) is 12.4 Å². The second-order valence-corrected chi connectivity index (χ2v) is 1.38. The van der Waals surface area contributed by atoms with Gasteiger partial charge in [-0.3, -0.25) is 0 Å². The molecule has 8 heavy (non-hydrogen) atoms. The second kappa shape index (κ2) is 10.2. The molecule has 0 aliphatic rings. The predicted molar refractivity (Wildman–Crippen MR) is 34.2 cm³/mol. The van der Waals surface area contributed by atoms with Crippen LogP contribution in [-0.2, 0) is 0 Å². The van der Waals surface area contributed by atoms with E-state index in [0.717, 1.165) is 0 Å². The lowest BCUT2D eigenvalue weighted by molar-refractivity contribution is 0.114. The molecule has 0 saturated heterocycles. The summed E-state index contributed by atoms with van der Waals surface area (Å²) in [6, 6.07) is 0. The average Bonchev–Trinajstić information content (AvgIpc) is 1.65. The summed E-state index contributed by atoms with van der Waals surface area (Å²) in [5.41, 5.74) is 0. The Balaban J connectivity index is -0.000000125. The normalized spacial score (nSPS) is 10.9. The standard InChI is InChI=1S/C3H8O2S.2H2O/c4-1-3(5)2-6;;/h3-6H,1-2H2;2*1H2. The van der Waals surface area contributed by atoms with E-state index in [1.165, 1.54) is 0 Å². The fourth-order valence-corrected chi connectivity index (χ4v) is 0.173. The first-order valence-electron chi connectivity index (χ1n) is 1.71. The van der Waals surface area contributed by atoms with Crippen molar-refractivity contribution >= 4 is 12.6 Å². The molecule has 0 amide bonds. The van der Waals surface area contributed by atoms with Gasteiger partial charge in [-0.1, -0.05) is 0 Å². The van der Waals surface area contributed by atoms with Crippen LogP contribution < -0.4 is 0 Å². The summed E-state index contributed by atoms with van der Waals surface area (Å²) in [4.78, 5) is 0. The molecule has 0 saturated carbocycles. The number of aliphatic hydroxyl groups excluding tert-OH is 2. The summed E-state index contributed by atoms with van der Waals surface area (Å²) < 4.78 is 0. The minimum Gasteiger partial charge on any atom is -0.412 e. The summed E-state index contributed by atoms with van der Waals surface area (Å²) >= 11 is 3.69. The summed E-state index contributed by atoms with van der Waals surface area (Å²) in [7, 11) is 0. The van der Waals surface area contributed by atoms with Crippen molar-refractivity contribution in [2.45, 2.75) is 6.10 Å². The van der Waals surface area contributed by atoms with Gasteiger partial charge in [0.1, 0.15) is 0 Å². The number of thiol groups is 1. The molecule has 0 aromatic carbocycles. The number of aliphatic hydroxyl groups is 2. The van der Waals surface area contributed by atoms with Crippen molar-refractivity contribution in [3.63, 3.8) is 0 Å². The van der Waals surface area contributed by atoms with Crippen LogP contribution in [0.3, 0.4) is 0 Å². The molecular weight excluding hydrogens is 132 g/mol. The molecule has 5 heteroatoms. The Morgan fingerprint density at radius 3 is 1.75 bits per heavy atom. The van der Waals surface area contributed by atoms with Gasteiger partial charge in [0.05, 0.1) is 12.7 Å². The highest BCUT2D eigenvalue weighted by Gasteiger charge is 1.92. The number of hydrogen-bond donors (Lipinski definition) is 3. The topological polar surface area (TPSA) is 103 Å². The van der Waals surface area contributed by atoms with Crippen LogP contribution in [0.15, 0.2) is 0 Å². The van der Waals surface area contributed by atoms with Crippen molar-refractivity contribution in [3.8, 4) is 0 Å². The molecule has 0 aliphatic carbocycles. The highest BCUT2D eigenvalue weighted by molar-refractivity contribution is 7.80. The summed E-state index contributed by atoms with van der Waals surface area (Å²) in [6.45, 7) is -0.191. The maximum absolute atomic E-state index is 8.34. The molecule has 0 aromatic rings. The molecule has 4 nitrogen and oxygen atoms in total. The third-order valence-corrected chi connectivity index (χ3v) is 0.843. The van der Waals surface area contributed by atoms with E-state index in [1.54, 1.807) is 0 Å². The minimum atomic E-state index is -0.645. The van der Waals surface area contributed by atoms with Gasteiger partial charge >= 0.3 is 0 Å². The lowest BCUT2D eigenvalue weighted by atomic mass is 10.4. The highest BCUT2D eigenvalue weighted by atomic mass is 32.1. The van der Waals surface area contributed by atoms with E-state index < -0.39 is 6.10 Å².